The van der Waals surface area contributed by atoms with Gasteiger partial charge in [-0.3, -0.25) is 4.79 Å². The summed E-state index contributed by atoms with van der Waals surface area (Å²) in [4.78, 5) is 12.3. The van der Waals surface area contributed by atoms with Gasteiger partial charge in [-0.25, -0.2) is 9.07 Å². The van der Waals surface area contributed by atoms with Crippen LogP contribution in [0.4, 0.5) is 10.2 Å². The maximum atomic E-state index is 13.0. The number of amides is 1. The SMILES string of the molecule is CSc1c(C#N)c(NC(=O)c2ccc(F)cc2)nn1-c1ccccc1. The molecule has 0 aliphatic heterocycles. The van der Waals surface area contributed by atoms with E-state index >= 15 is 0 Å². The number of aromatic nitrogens is 2. The second-order valence-electron chi connectivity index (χ2n) is 5.05. The molecule has 124 valence electrons. The molecule has 0 spiro atoms. The molecule has 3 rings (SSSR count). The first kappa shape index (κ1) is 16.7. The highest BCUT2D eigenvalue weighted by Gasteiger charge is 2.20. The van der Waals surface area contributed by atoms with Gasteiger partial charge >= 0.3 is 0 Å². The van der Waals surface area contributed by atoms with Gasteiger partial charge in [0.25, 0.3) is 5.91 Å². The number of thioether (sulfide) groups is 1. The van der Waals surface area contributed by atoms with Crippen LogP contribution in [0, 0.1) is 17.1 Å². The molecule has 1 heterocycles. The van der Waals surface area contributed by atoms with Crippen LogP contribution in [0.1, 0.15) is 15.9 Å². The molecular weight excluding hydrogens is 339 g/mol. The number of halogens is 1. The number of carbonyl (C=O) groups is 1. The van der Waals surface area contributed by atoms with E-state index in [2.05, 4.69) is 16.5 Å². The van der Waals surface area contributed by atoms with Crippen molar-refractivity contribution in [3.05, 3.63) is 71.5 Å². The smallest absolute Gasteiger partial charge is 0.256 e. The molecule has 0 aliphatic carbocycles. The highest BCUT2D eigenvalue weighted by Crippen LogP contribution is 2.29. The predicted molar refractivity (Wildman–Crippen MR) is 94.4 cm³/mol. The molecule has 1 N–H and O–H groups in total. The van der Waals surface area contributed by atoms with E-state index in [1.807, 2.05) is 36.6 Å². The van der Waals surface area contributed by atoms with Gasteiger partial charge in [0, 0.05) is 5.56 Å². The van der Waals surface area contributed by atoms with Gasteiger partial charge in [-0.05, 0) is 42.7 Å². The van der Waals surface area contributed by atoms with E-state index in [1.54, 1.807) is 4.68 Å². The molecule has 0 unspecified atom stereocenters. The average Bonchev–Trinajstić information content (AvgIpc) is 3.00. The van der Waals surface area contributed by atoms with E-state index in [-0.39, 0.29) is 16.9 Å². The lowest BCUT2D eigenvalue weighted by Gasteiger charge is -2.04. The zero-order chi connectivity index (χ0) is 17.8. The summed E-state index contributed by atoms with van der Waals surface area (Å²) < 4.78 is 14.6. The summed E-state index contributed by atoms with van der Waals surface area (Å²) in [5, 5.41) is 17.1. The monoisotopic (exact) mass is 352 g/mol. The Morgan fingerprint density at radius 2 is 1.88 bits per heavy atom. The van der Waals surface area contributed by atoms with Crippen molar-refractivity contribution in [3.8, 4) is 11.8 Å². The van der Waals surface area contributed by atoms with E-state index in [0.29, 0.717) is 5.03 Å². The lowest BCUT2D eigenvalue weighted by atomic mass is 10.2. The van der Waals surface area contributed by atoms with Crippen molar-refractivity contribution >= 4 is 23.5 Å². The van der Waals surface area contributed by atoms with Crippen LogP contribution >= 0.6 is 11.8 Å². The molecule has 3 aromatic rings. The van der Waals surface area contributed by atoms with Gasteiger partial charge in [0.1, 0.15) is 22.5 Å². The maximum absolute atomic E-state index is 13.0. The van der Waals surface area contributed by atoms with Crippen LogP contribution in [0.3, 0.4) is 0 Å². The number of hydrogen-bond acceptors (Lipinski definition) is 4. The molecule has 0 saturated heterocycles. The van der Waals surface area contributed by atoms with Crippen LogP contribution in [0.15, 0.2) is 59.6 Å². The zero-order valence-electron chi connectivity index (χ0n) is 13.2. The fourth-order valence-electron chi connectivity index (χ4n) is 2.30. The number of rotatable bonds is 4. The maximum Gasteiger partial charge on any atom is 0.256 e. The van der Waals surface area contributed by atoms with Crippen LogP contribution in [0.2, 0.25) is 0 Å². The number of benzene rings is 2. The number of nitrogens with zero attached hydrogens (tertiary/aromatic N) is 3. The van der Waals surface area contributed by atoms with E-state index < -0.39 is 11.7 Å². The summed E-state index contributed by atoms with van der Waals surface area (Å²) in [6, 6.07) is 16.6. The van der Waals surface area contributed by atoms with Crippen LogP contribution in [-0.2, 0) is 0 Å². The van der Waals surface area contributed by atoms with Gasteiger partial charge in [-0.1, -0.05) is 18.2 Å². The number of nitrogens with one attached hydrogen (secondary N) is 1. The molecule has 7 heteroatoms. The minimum Gasteiger partial charge on any atom is -0.304 e. The number of carbonyl (C=O) groups excluding carboxylic acids is 1. The van der Waals surface area contributed by atoms with Gasteiger partial charge in [-0.2, -0.15) is 5.26 Å². The Hall–Kier alpha value is -3.11. The molecule has 1 aromatic heterocycles. The third kappa shape index (κ3) is 3.39. The fraction of sp³-hybridized carbons (Fsp3) is 0.0556. The quantitative estimate of drug-likeness (QED) is 0.724. The number of nitriles is 1. The Kier molecular flexibility index (Phi) is 4.82. The molecule has 0 fully saturated rings. The van der Waals surface area contributed by atoms with E-state index in [0.717, 1.165) is 5.69 Å². The molecule has 0 radical (unpaired) electrons. The Morgan fingerprint density at radius 3 is 2.48 bits per heavy atom. The fourth-order valence-corrected chi connectivity index (χ4v) is 2.97. The highest BCUT2D eigenvalue weighted by molar-refractivity contribution is 7.98. The highest BCUT2D eigenvalue weighted by atomic mass is 32.2. The number of para-hydroxylation sites is 1. The summed E-state index contributed by atoms with van der Waals surface area (Å²) in [5.41, 5.74) is 1.35. The third-order valence-corrected chi connectivity index (χ3v) is 4.25. The van der Waals surface area contributed by atoms with Crippen molar-refractivity contribution in [2.45, 2.75) is 5.03 Å². The van der Waals surface area contributed by atoms with Crippen molar-refractivity contribution in [3.63, 3.8) is 0 Å². The Bertz CT molecular complexity index is 946. The van der Waals surface area contributed by atoms with E-state index in [4.69, 9.17) is 0 Å². The summed E-state index contributed by atoms with van der Waals surface area (Å²) in [6.07, 6.45) is 1.84. The second-order valence-corrected chi connectivity index (χ2v) is 5.85. The largest absolute Gasteiger partial charge is 0.304 e. The molecule has 0 saturated carbocycles. The van der Waals surface area contributed by atoms with Crippen LogP contribution < -0.4 is 5.32 Å². The standard InChI is InChI=1S/C18H13FN4OS/c1-25-18-15(11-20)16(22-23(18)14-5-3-2-4-6-14)21-17(24)12-7-9-13(19)10-8-12/h2-10H,1H3,(H,21,22,24). The summed E-state index contributed by atoms with van der Waals surface area (Å²) >= 11 is 1.36. The molecule has 0 atom stereocenters. The first-order chi connectivity index (χ1) is 12.1. The van der Waals surface area contributed by atoms with Gasteiger partial charge in [0.15, 0.2) is 5.82 Å². The van der Waals surface area contributed by atoms with E-state index in [9.17, 15) is 14.4 Å². The minimum atomic E-state index is -0.457. The topological polar surface area (TPSA) is 70.7 Å². The first-order valence-electron chi connectivity index (χ1n) is 7.33. The molecule has 0 aliphatic rings. The van der Waals surface area contributed by atoms with Crippen LogP contribution in [-0.4, -0.2) is 21.9 Å². The third-order valence-electron chi connectivity index (χ3n) is 3.49. The zero-order valence-corrected chi connectivity index (χ0v) is 14.0. The molecular formula is C18H13FN4OS. The summed E-state index contributed by atoms with van der Waals surface area (Å²) in [7, 11) is 0. The normalized spacial score (nSPS) is 10.3. The number of anilines is 1. The Balaban J connectivity index is 1.99. The molecule has 5 nitrogen and oxygen atoms in total. The second kappa shape index (κ2) is 7.20. The van der Waals surface area contributed by atoms with Crippen molar-refractivity contribution in [1.82, 2.24) is 9.78 Å². The summed E-state index contributed by atoms with van der Waals surface area (Å²) in [5.74, 6) is -0.709. The lowest BCUT2D eigenvalue weighted by molar-refractivity contribution is 0.102. The van der Waals surface area contributed by atoms with Crippen molar-refractivity contribution in [2.75, 3.05) is 11.6 Å². The average molecular weight is 352 g/mol. The molecule has 25 heavy (non-hydrogen) atoms. The predicted octanol–water partition coefficient (Wildman–Crippen LogP) is 3.86. The van der Waals surface area contributed by atoms with Crippen molar-refractivity contribution in [2.24, 2.45) is 0 Å². The first-order valence-corrected chi connectivity index (χ1v) is 8.56. The molecule has 2 aromatic carbocycles. The molecule has 1 amide bonds. The minimum absolute atomic E-state index is 0.171. The Labute approximate surface area is 148 Å². The van der Waals surface area contributed by atoms with Gasteiger partial charge in [0.2, 0.25) is 0 Å². The van der Waals surface area contributed by atoms with Crippen molar-refractivity contribution < 1.29 is 9.18 Å². The lowest BCUT2D eigenvalue weighted by Crippen LogP contribution is -2.13. The van der Waals surface area contributed by atoms with Crippen LogP contribution in [0.25, 0.3) is 5.69 Å². The van der Waals surface area contributed by atoms with Gasteiger partial charge < -0.3 is 5.32 Å². The van der Waals surface area contributed by atoms with Gasteiger partial charge in [-0.15, -0.1) is 16.9 Å². The Morgan fingerprint density at radius 1 is 1.20 bits per heavy atom. The van der Waals surface area contributed by atoms with Gasteiger partial charge in [0.05, 0.1) is 5.69 Å². The van der Waals surface area contributed by atoms with Crippen molar-refractivity contribution in [1.29, 1.82) is 5.26 Å². The summed E-state index contributed by atoms with van der Waals surface area (Å²) in [6.45, 7) is 0. The van der Waals surface area contributed by atoms with E-state index in [1.165, 1.54) is 36.0 Å². The number of hydrogen-bond donors (Lipinski definition) is 1. The molecule has 0 bridgehead atoms. The van der Waals surface area contributed by atoms with Crippen LogP contribution in [0.5, 0.6) is 0 Å².